The first-order valence-corrected chi connectivity index (χ1v) is 15.9. The van der Waals surface area contributed by atoms with Gasteiger partial charge in [-0.1, -0.05) is 152 Å². The summed E-state index contributed by atoms with van der Waals surface area (Å²) in [6.45, 7) is 0. The van der Waals surface area contributed by atoms with E-state index in [0.29, 0.717) is 0 Å². The molecule has 9 aromatic rings. The second kappa shape index (κ2) is 11.2. The molecule has 0 atom stereocenters. The topological polar surface area (TPSA) is 30.2 Å². The number of benzene rings is 7. The lowest BCUT2D eigenvalue weighted by atomic mass is 9.85. The molecule has 0 spiro atoms. The molecule has 0 unspecified atom stereocenters. The molecule has 0 saturated carbocycles. The first-order chi connectivity index (χ1) is 23.3. The molecule has 47 heavy (non-hydrogen) atoms. The molecule has 7 aromatic carbocycles. The van der Waals surface area contributed by atoms with Gasteiger partial charge in [-0.3, -0.25) is 4.98 Å². The van der Waals surface area contributed by atoms with Crippen molar-refractivity contribution in [3.05, 3.63) is 176 Å². The Labute approximate surface area is 273 Å². The van der Waals surface area contributed by atoms with Crippen LogP contribution >= 0.6 is 0 Å². The number of hydrogen-bond acceptors (Lipinski definition) is 2. The fourth-order valence-electron chi connectivity index (χ4n) is 7.00. The van der Waals surface area contributed by atoms with Crippen LogP contribution in [0.5, 0.6) is 0 Å². The third-order valence-corrected chi connectivity index (χ3v) is 9.14. The van der Waals surface area contributed by atoms with Gasteiger partial charge in [0.05, 0.1) is 11.7 Å². The summed E-state index contributed by atoms with van der Waals surface area (Å²) in [5.41, 5.74) is 12.5. The van der Waals surface area contributed by atoms with Crippen LogP contribution in [0.25, 0.3) is 82.8 Å². The van der Waals surface area contributed by atoms with Gasteiger partial charge in [0.1, 0.15) is 5.69 Å². The maximum atomic E-state index is 4.99. The number of fused-ring (bicyclic) bond motifs is 3. The Balaban J connectivity index is 1.23. The zero-order valence-corrected chi connectivity index (χ0v) is 25.6. The van der Waals surface area contributed by atoms with E-state index in [4.69, 9.17) is 5.10 Å². The Morgan fingerprint density at radius 1 is 0.383 bits per heavy atom. The van der Waals surface area contributed by atoms with Crippen molar-refractivity contribution in [2.24, 2.45) is 0 Å². The zero-order chi connectivity index (χ0) is 31.2. The Morgan fingerprint density at radius 2 is 0.872 bits per heavy atom. The molecular weight excluding hydrogens is 571 g/mol. The molecular formula is C44H29N3. The highest BCUT2D eigenvalue weighted by Crippen LogP contribution is 2.45. The quantitative estimate of drug-likeness (QED) is 0.184. The molecule has 0 aliphatic carbocycles. The summed E-state index contributed by atoms with van der Waals surface area (Å²) in [4.78, 5) is 4.40. The van der Waals surface area contributed by atoms with Gasteiger partial charge in [-0.25, -0.2) is 4.52 Å². The largest absolute Gasteiger partial charge is 0.261 e. The zero-order valence-electron chi connectivity index (χ0n) is 25.6. The van der Waals surface area contributed by atoms with Crippen molar-refractivity contribution < 1.29 is 0 Å². The molecule has 2 heterocycles. The van der Waals surface area contributed by atoms with E-state index >= 15 is 0 Å². The van der Waals surface area contributed by atoms with Gasteiger partial charge in [0, 0.05) is 23.5 Å². The van der Waals surface area contributed by atoms with E-state index in [2.05, 4.69) is 157 Å². The van der Waals surface area contributed by atoms with Crippen LogP contribution in [-0.4, -0.2) is 14.6 Å². The molecule has 220 valence electrons. The van der Waals surface area contributed by atoms with Gasteiger partial charge in [0.2, 0.25) is 0 Å². The van der Waals surface area contributed by atoms with Crippen LogP contribution < -0.4 is 0 Å². The van der Waals surface area contributed by atoms with Crippen molar-refractivity contribution in [2.75, 3.05) is 0 Å². The van der Waals surface area contributed by atoms with E-state index in [-0.39, 0.29) is 0 Å². The van der Waals surface area contributed by atoms with Crippen molar-refractivity contribution in [3.63, 3.8) is 0 Å². The summed E-state index contributed by atoms with van der Waals surface area (Å²) in [7, 11) is 0. The van der Waals surface area contributed by atoms with E-state index in [1.807, 2.05) is 23.0 Å². The lowest BCUT2D eigenvalue weighted by molar-refractivity contribution is 0.950. The van der Waals surface area contributed by atoms with E-state index in [9.17, 15) is 0 Å². The normalized spacial score (nSPS) is 11.4. The SMILES string of the molecule is c1ccc(-c2c3ccccc3c(-c3ccccc3)c3cc(-c4ccc(-c5nn6ccncc6c5-c5ccccc5)cc4)ccc23)cc1. The minimum Gasteiger partial charge on any atom is -0.261 e. The average molecular weight is 600 g/mol. The van der Waals surface area contributed by atoms with E-state index in [1.54, 1.807) is 6.20 Å². The Kier molecular flexibility index (Phi) is 6.46. The molecule has 0 aliphatic heterocycles. The second-order valence-corrected chi connectivity index (χ2v) is 11.9. The Bertz CT molecular complexity index is 2530. The van der Waals surface area contributed by atoms with Gasteiger partial charge in [-0.2, -0.15) is 5.10 Å². The van der Waals surface area contributed by atoms with Crippen LogP contribution in [0.4, 0.5) is 0 Å². The van der Waals surface area contributed by atoms with Crippen molar-refractivity contribution in [1.82, 2.24) is 14.6 Å². The third-order valence-electron chi connectivity index (χ3n) is 9.14. The fraction of sp³-hybridized carbons (Fsp3) is 0. The average Bonchev–Trinajstić information content (AvgIpc) is 3.54. The number of rotatable bonds is 5. The second-order valence-electron chi connectivity index (χ2n) is 11.9. The number of aromatic nitrogens is 3. The van der Waals surface area contributed by atoms with Gasteiger partial charge in [-0.05, 0) is 66.6 Å². The van der Waals surface area contributed by atoms with E-state index in [0.717, 1.165) is 33.5 Å². The highest BCUT2D eigenvalue weighted by atomic mass is 15.2. The van der Waals surface area contributed by atoms with E-state index in [1.165, 1.54) is 49.4 Å². The first-order valence-electron chi connectivity index (χ1n) is 15.9. The van der Waals surface area contributed by atoms with Gasteiger partial charge in [0.25, 0.3) is 0 Å². The molecule has 0 amide bonds. The van der Waals surface area contributed by atoms with Gasteiger partial charge in [-0.15, -0.1) is 0 Å². The summed E-state index contributed by atoms with van der Waals surface area (Å²) in [6.07, 6.45) is 5.57. The summed E-state index contributed by atoms with van der Waals surface area (Å²) in [5, 5.41) is 10.0. The molecule has 9 rings (SSSR count). The van der Waals surface area contributed by atoms with Crippen LogP contribution in [0.3, 0.4) is 0 Å². The maximum Gasteiger partial charge on any atom is 0.101 e. The minimum atomic E-state index is 0.944. The van der Waals surface area contributed by atoms with Crippen LogP contribution in [0.2, 0.25) is 0 Å². The molecule has 0 bridgehead atoms. The highest BCUT2D eigenvalue weighted by Gasteiger charge is 2.19. The standard InChI is InChI=1S/C44H29N3/c1-4-12-31(13-5-1)41-36-18-10-11-19-37(36)42(32-14-6-2-7-15-32)39-28-35(24-25-38(39)41)30-20-22-34(23-21-30)44-43(33-16-8-3-9-17-33)40-29-45-26-27-47(40)46-44/h1-29H. The number of hydrogen-bond donors (Lipinski definition) is 0. The lowest BCUT2D eigenvalue weighted by Gasteiger charge is -2.18. The number of nitrogens with zero attached hydrogens (tertiary/aromatic N) is 3. The van der Waals surface area contributed by atoms with Crippen LogP contribution in [0.1, 0.15) is 0 Å². The molecule has 3 heteroatoms. The van der Waals surface area contributed by atoms with Crippen molar-refractivity contribution >= 4 is 27.1 Å². The predicted molar refractivity (Wildman–Crippen MR) is 195 cm³/mol. The molecule has 0 aliphatic rings. The Morgan fingerprint density at radius 3 is 1.49 bits per heavy atom. The van der Waals surface area contributed by atoms with Crippen molar-refractivity contribution in [1.29, 1.82) is 0 Å². The van der Waals surface area contributed by atoms with Crippen molar-refractivity contribution in [2.45, 2.75) is 0 Å². The van der Waals surface area contributed by atoms with Gasteiger partial charge in [0.15, 0.2) is 0 Å². The van der Waals surface area contributed by atoms with Crippen molar-refractivity contribution in [3.8, 4) is 55.8 Å². The van der Waals surface area contributed by atoms with Crippen LogP contribution in [0.15, 0.2) is 176 Å². The van der Waals surface area contributed by atoms with E-state index < -0.39 is 0 Å². The summed E-state index contributed by atoms with van der Waals surface area (Å²) in [5.74, 6) is 0. The monoisotopic (exact) mass is 599 g/mol. The summed E-state index contributed by atoms with van der Waals surface area (Å²) in [6, 6.07) is 56.6. The molecule has 0 fully saturated rings. The molecule has 0 saturated heterocycles. The molecule has 0 N–H and O–H groups in total. The van der Waals surface area contributed by atoms with Crippen LogP contribution in [-0.2, 0) is 0 Å². The summed E-state index contributed by atoms with van der Waals surface area (Å²) < 4.78 is 1.92. The molecule has 3 nitrogen and oxygen atoms in total. The summed E-state index contributed by atoms with van der Waals surface area (Å²) >= 11 is 0. The Hall–Kier alpha value is -6.32. The minimum absolute atomic E-state index is 0.944. The molecule has 2 aromatic heterocycles. The van der Waals surface area contributed by atoms with Gasteiger partial charge >= 0.3 is 0 Å². The van der Waals surface area contributed by atoms with Crippen LogP contribution in [0, 0.1) is 0 Å². The predicted octanol–water partition coefficient (Wildman–Crippen LogP) is 11.4. The lowest BCUT2D eigenvalue weighted by Crippen LogP contribution is -1.91. The first kappa shape index (κ1) is 27.0. The third kappa shape index (κ3) is 4.60. The van der Waals surface area contributed by atoms with Gasteiger partial charge < -0.3 is 0 Å². The highest BCUT2D eigenvalue weighted by molar-refractivity contribution is 6.22. The molecule has 0 radical (unpaired) electrons. The fourth-order valence-corrected chi connectivity index (χ4v) is 7.00. The maximum absolute atomic E-state index is 4.99. The smallest absolute Gasteiger partial charge is 0.101 e.